The lowest BCUT2D eigenvalue weighted by atomic mass is 10.1. The maximum Gasteiger partial charge on any atom is 0.269 e. The number of nitrogens with zero attached hydrogens (tertiary/aromatic N) is 2. The number of nitrogens with one attached hydrogen (secondary N) is 1. The van der Waals surface area contributed by atoms with E-state index in [4.69, 9.17) is 0 Å². The van der Waals surface area contributed by atoms with Crippen molar-refractivity contribution >= 4 is 29.3 Å². The zero-order chi connectivity index (χ0) is 19.9. The number of non-ortho nitro benzene ring substituents is 1. The summed E-state index contributed by atoms with van der Waals surface area (Å²) in [6, 6.07) is 12.8. The smallest absolute Gasteiger partial charge is 0.269 e. The molecule has 0 aromatic heterocycles. The van der Waals surface area contributed by atoms with Gasteiger partial charge in [0.1, 0.15) is 0 Å². The summed E-state index contributed by atoms with van der Waals surface area (Å²) < 4.78 is 0. The van der Waals surface area contributed by atoms with Crippen molar-refractivity contribution in [2.75, 3.05) is 18.4 Å². The van der Waals surface area contributed by atoms with Crippen LogP contribution in [-0.2, 0) is 4.79 Å². The Balaban J connectivity index is 1.62. The molecule has 2 aromatic carbocycles. The third kappa shape index (κ3) is 5.03. The fourth-order valence-corrected chi connectivity index (χ4v) is 3.07. The third-order valence-electron chi connectivity index (χ3n) is 4.55. The molecule has 0 spiro atoms. The Kier molecular flexibility index (Phi) is 6.16. The van der Waals surface area contributed by atoms with Gasteiger partial charge in [-0.3, -0.25) is 19.7 Å². The number of hydrogen-bond donors (Lipinski definition) is 1. The number of anilines is 1. The summed E-state index contributed by atoms with van der Waals surface area (Å²) in [7, 11) is 0. The maximum absolute atomic E-state index is 12.6. The highest BCUT2D eigenvalue weighted by Gasteiger charge is 2.18. The van der Waals surface area contributed by atoms with Crippen molar-refractivity contribution in [3.63, 3.8) is 0 Å². The van der Waals surface area contributed by atoms with Crippen LogP contribution in [0.1, 0.15) is 35.2 Å². The van der Waals surface area contributed by atoms with E-state index in [0.29, 0.717) is 16.8 Å². The fourth-order valence-electron chi connectivity index (χ4n) is 3.07. The summed E-state index contributed by atoms with van der Waals surface area (Å²) in [5.41, 5.74) is 1.77. The Morgan fingerprint density at radius 1 is 1.04 bits per heavy atom. The topological polar surface area (TPSA) is 92.5 Å². The second-order valence-electron chi connectivity index (χ2n) is 6.60. The molecule has 2 amide bonds. The number of hydrogen-bond acceptors (Lipinski definition) is 4. The van der Waals surface area contributed by atoms with Crippen LogP contribution in [0.3, 0.4) is 0 Å². The number of piperidine rings is 1. The fraction of sp³-hybridized carbons (Fsp3) is 0.238. The molecule has 0 aliphatic carbocycles. The molecule has 0 bridgehead atoms. The lowest BCUT2D eigenvalue weighted by Crippen LogP contribution is -2.35. The maximum atomic E-state index is 12.6. The lowest BCUT2D eigenvalue weighted by Gasteiger charge is -2.26. The normalized spacial score (nSPS) is 14.1. The van der Waals surface area contributed by atoms with E-state index in [1.165, 1.54) is 18.2 Å². The SMILES string of the molecule is O=C(/C=C/c1ccc([N+](=O)[O-])cc1)Nc1cccc(C(=O)N2CCCCC2)c1. The number of likely N-dealkylation sites (tertiary alicyclic amines) is 1. The predicted octanol–water partition coefficient (Wildman–Crippen LogP) is 3.87. The minimum atomic E-state index is -0.474. The number of nitro groups is 1. The summed E-state index contributed by atoms with van der Waals surface area (Å²) in [5, 5.41) is 13.4. The monoisotopic (exact) mass is 379 g/mol. The molecular weight excluding hydrogens is 358 g/mol. The molecule has 3 rings (SSSR count). The summed E-state index contributed by atoms with van der Waals surface area (Å²) in [6.07, 6.45) is 6.12. The molecule has 144 valence electrons. The number of nitro benzene ring substituents is 1. The van der Waals surface area contributed by atoms with Gasteiger partial charge in [-0.25, -0.2) is 0 Å². The second kappa shape index (κ2) is 8.94. The average molecular weight is 379 g/mol. The Bertz CT molecular complexity index is 900. The molecule has 0 atom stereocenters. The zero-order valence-corrected chi connectivity index (χ0v) is 15.3. The van der Waals surface area contributed by atoms with Crippen molar-refractivity contribution in [2.24, 2.45) is 0 Å². The van der Waals surface area contributed by atoms with Gasteiger partial charge in [-0.2, -0.15) is 0 Å². The number of rotatable bonds is 5. The molecule has 0 unspecified atom stereocenters. The van der Waals surface area contributed by atoms with Gasteiger partial charge in [-0.15, -0.1) is 0 Å². The van der Waals surface area contributed by atoms with E-state index in [0.717, 1.165) is 32.4 Å². The Labute approximate surface area is 162 Å². The zero-order valence-electron chi connectivity index (χ0n) is 15.3. The highest BCUT2D eigenvalue weighted by molar-refractivity contribution is 6.03. The van der Waals surface area contributed by atoms with Crippen molar-refractivity contribution in [2.45, 2.75) is 19.3 Å². The minimum Gasteiger partial charge on any atom is -0.339 e. The molecule has 1 aliphatic rings. The van der Waals surface area contributed by atoms with Crippen LogP contribution in [0, 0.1) is 10.1 Å². The van der Waals surface area contributed by atoms with Crippen molar-refractivity contribution in [1.82, 2.24) is 4.90 Å². The number of carbonyl (C=O) groups is 2. The van der Waals surface area contributed by atoms with Crippen molar-refractivity contribution in [3.05, 3.63) is 75.8 Å². The van der Waals surface area contributed by atoms with Gasteiger partial charge in [0.2, 0.25) is 5.91 Å². The van der Waals surface area contributed by atoms with Gasteiger partial charge in [-0.05, 0) is 61.2 Å². The van der Waals surface area contributed by atoms with E-state index in [2.05, 4.69) is 5.32 Å². The predicted molar refractivity (Wildman–Crippen MR) is 107 cm³/mol. The molecule has 1 N–H and O–H groups in total. The van der Waals surface area contributed by atoms with E-state index >= 15 is 0 Å². The molecule has 0 saturated carbocycles. The lowest BCUT2D eigenvalue weighted by molar-refractivity contribution is -0.384. The molecule has 2 aromatic rings. The molecule has 28 heavy (non-hydrogen) atoms. The Morgan fingerprint density at radius 2 is 1.75 bits per heavy atom. The Hall–Kier alpha value is -3.48. The molecule has 0 radical (unpaired) electrons. The van der Waals surface area contributed by atoms with E-state index < -0.39 is 4.92 Å². The molecular formula is C21H21N3O4. The molecule has 7 nitrogen and oxygen atoms in total. The van der Waals surface area contributed by atoms with Crippen LogP contribution >= 0.6 is 0 Å². The number of amides is 2. The molecule has 1 aliphatic heterocycles. The molecule has 1 heterocycles. The van der Waals surface area contributed by atoms with Crippen LogP contribution < -0.4 is 5.32 Å². The average Bonchev–Trinajstić information content (AvgIpc) is 2.73. The summed E-state index contributed by atoms with van der Waals surface area (Å²) in [4.78, 5) is 36.7. The number of carbonyl (C=O) groups excluding carboxylic acids is 2. The van der Waals surface area contributed by atoms with Gasteiger partial charge in [0.15, 0.2) is 0 Å². The quantitative estimate of drug-likeness (QED) is 0.485. The van der Waals surface area contributed by atoms with Crippen LogP contribution in [0.5, 0.6) is 0 Å². The van der Waals surface area contributed by atoms with Gasteiger partial charge in [0.05, 0.1) is 4.92 Å². The van der Waals surface area contributed by atoms with Crippen molar-refractivity contribution < 1.29 is 14.5 Å². The first-order valence-electron chi connectivity index (χ1n) is 9.16. The first kappa shape index (κ1) is 19.3. The molecule has 7 heteroatoms. The van der Waals surface area contributed by atoms with Gasteiger partial charge >= 0.3 is 0 Å². The summed E-state index contributed by atoms with van der Waals surface area (Å²) >= 11 is 0. The Morgan fingerprint density at radius 3 is 2.43 bits per heavy atom. The third-order valence-corrected chi connectivity index (χ3v) is 4.55. The van der Waals surface area contributed by atoms with Gasteiger partial charge < -0.3 is 10.2 Å². The van der Waals surface area contributed by atoms with Crippen LogP contribution in [-0.4, -0.2) is 34.7 Å². The van der Waals surface area contributed by atoms with Gasteiger partial charge in [-0.1, -0.05) is 6.07 Å². The summed E-state index contributed by atoms with van der Waals surface area (Å²) in [6.45, 7) is 1.54. The first-order valence-corrected chi connectivity index (χ1v) is 9.16. The number of benzene rings is 2. The molecule has 1 saturated heterocycles. The van der Waals surface area contributed by atoms with Crippen molar-refractivity contribution in [1.29, 1.82) is 0 Å². The van der Waals surface area contributed by atoms with Gasteiger partial charge in [0.25, 0.3) is 11.6 Å². The second-order valence-corrected chi connectivity index (χ2v) is 6.60. The minimum absolute atomic E-state index is 0.00297. The highest BCUT2D eigenvalue weighted by Crippen LogP contribution is 2.17. The standard InChI is InChI=1S/C21H21N3O4/c25-20(12-9-16-7-10-19(11-8-16)24(27)28)22-18-6-4-5-17(15-18)21(26)23-13-2-1-3-14-23/h4-12,15H,1-3,13-14H2,(H,22,25)/b12-9+. The van der Waals surface area contributed by atoms with Crippen LogP contribution in [0.25, 0.3) is 6.08 Å². The highest BCUT2D eigenvalue weighted by atomic mass is 16.6. The van der Waals surface area contributed by atoms with Gasteiger partial charge in [0, 0.05) is 42.5 Å². The van der Waals surface area contributed by atoms with E-state index in [9.17, 15) is 19.7 Å². The van der Waals surface area contributed by atoms with E-state index in [1.807, 2.05) is 4.90 Å². The van der Waals surface area contributed by atoms with Crippen LogP contribution in [0.4, 0.5) is 11.4 Å². The summed E-state index contributed by atoms with van der Waals surface area (Å²) in [5.74, 6) is -0.363. The van der Waals surface area contributed by atoms with Crippen LogP contribution in [0.2, 0.25) is 0 Å². The van der Waals surface area contributed by atoms with Crippen LogP contribution in [0.15, 0.2) is 54.6 Å². The van der Waals surface area contributed by atoms with E-state index in [-0.39, 0.29) is 17.5 Å². The largest absolute Gasteiger partial charge is 0.339 e. The van der Waals surface area contributed by atoms with Crippen molar-refractivity contribution in [3.8, 4) is 0 Å². The van der Waals surface area contributed by atoms with E-state index in [1.54, 1.807) is 42.5 Å². The first-order chi connectivity index (χ1) is 13.5. The molecule has 1 fully saturated rings.